The van der Waals surface area contributed by atoms with Gasteiger partial charge in [-0.25, -0.2) is 0 Å². The number of fused-ring (bicyclic) bond motifs is 1. The highest BCUT2D eigenvalue weighted by atomic mass is 16.5. The molecule has 0 saturated heterocycles. The molecule has 1 N–H and O–H groups in total. The predicted octanol–water partition coefficient (Wildman–Crippen LogP) is 2.76. The zero-order valence-corrected chi connectivity index (χ0v) is 12.1. The molecule has 1 heterocycles. The van der Waals surface area contributed by atoms with E-state index < -0.39 is 0 Å². The highest BCUT2D eigenvalue weighted by Crippen LogP contribution is 2.28. The van der Waals surface area contributed by atoms with E-state index >= 15 is 0 Å². The summed E-state index contributed by atoms with van der Waals surface area (Å²) in [4.78, 5) is 12.1. The van der Waals surface area contributed by atoms with Crippen molar-refractivity contribution in [3.8, 4) is 5.75 Å². The number of hydrogen-bond acceptors (Lipinski definition) is 4. The number of hydrogen-bond donors (Lipinski definition) is 1. The van der Waals surface area contributed by atoms with E-state index in [4.69, 9.17) is 13.9 Å². The number of benzene rings is 1. The van der Waals surface area contributed by atoms with Gasteiger partial charge in [0, 0.05) is 25.8 Å². The monoisotopic (exact) mass is 289 g/mol. The van der Waals surface area contributed by atoms with E-state index in [1.807, 2.05) is 6.07 Å². The molecule has 0 aliphatic carbocycles. The highest BCUT2D eigenvalue weighted by Gasteiger charge is 2.12. The van der Waals surface area contributed by atoms with Crippen molar-refractivity contribution in [2.45, 2.75) is 6.42 Å². The zero-order valence-electron chi connectivity index (χ0n) is 12.1. The molecule has 0 radical (unpaired) electrons. The Labute approximate surface area is 123 Å². The van der Waals surface area contributed by atoms with Crippen molar-refractivity contribution < 1.29 is 18.7 Å². The molecule has 0 unspecified atom stereocenters. The second-order valence-electron chi connectivity index (χ2n) is 4.51. The first-order valence-electron chi connectivity index (χ1n) is 6.78. The van der Waals surface area contributed by atoms with Gasteiger partial charge >= 0.3 is 0 Å². The van der Waals surface area contributed by atoms with Crippen molar-refractivity contribution in [2.75, 3.05) is 26.9 Å². The molecule has 2 aromatic rings. The molecule has 112 valence electrons. The van der Waals surface area contributed by atoms with Crippen molar-refractivity contribution in [3.63, 3.8) is 0 Å². The number of carbonyl (C=O) groups excluding carboxylic acids is 1. The summed E-state index contributed by atoms with van der Waals surface area (Å²) in [6, 6.07) is 5.24. The average Bonchev–Trinajstić information content (AvgIpc) is 2.97. The molecule has 5 heteroatoms. The minimum atomic E-state index is -0.159. The van der Waals surface area contributed by atoms with Crippen LogP contribution in [0.1, 0.15) is 16.8 Å². The summed E-state index contributed by atoms with van der Waals surface area (Å²) in [5.74, 6) is 0.455. The molecule has 0 aliphatic heterocycles. The summed E-state index contributed by atoms with van der Waals surface area (Å²) in [5.41, 5.74) is 1.13. The third kappa shape index (κ3) is 3.86. The minimum absolute atomic E-state index is 0.159. The lowest BCUT2D eigenvalue weighted by atomic mass is 10.1. The fourth-order valence-electron chi connectivity index (χ4n) is 1.96. The molecule has 0 saturated carbocycles. The maximum absolute atomic E-state index is 12.1. The van der Waals surface area contributed by atoms with Gasteiger partial charge in [-0.15, -0.1) is 0 Å². The van der Waals surface area contributed by atoms with Gasteiger partial charge in [0.1, 0.15) is 17.9 Å². The molecule has 1 amide bonds. The molecule has 2 rings (SSSR count). The maximum Gasteiger partial charge on any atom is 0.251 e. The molecule has 0 bridgehead atoms. The van der Waals surface area contributed by atoms with Gasteiger partial charge in [-0.3, -0.25) is 4.79 Å². The third-order valence-corrected chi connectivity index (χ3v) is 2.96. The molecular formula is C16H19NO4. The van der Waals surface area contributed by atoms with Crippen LogP contribution in [0.5, 0.6) is 5.75 Å². The van der Waals surface area contributed by atoms with Crippen LogP contribution < -0.4 is 10.1 Å². The summed E-state index contributed by atoms with van der Waals surface area (Å²) < 4.78 is 15.9. The smallest absolute Gasteiger partial charge is 0.251 e. The van der Waals surface area contributed by atoms with Gasteiger partial charge < -0.3 is 19.2 Å². The fourth-order valence-corrected chi connectivity index (χ4v) is 1.96. The third-order valence-electron chi connectivity index (χ3n) is 2.96. The zero-order chi connectivity index (χ0) is 15.1. The van der Waals surface area contributed by atoms with Crippen molar-refractivity contribution in [2.24, 2.45) is 0 Å². The van der Waals surface area contributed by atoms with Gasteiger partial charge in [0.05, 0.1) is 11.6 Å². The van der Waals surface area contributed by atoms with Gasteiger partial charge in [0.25, 0.3) is 5.91 Å². The van der Waals surface area contributed by atoms with Crippen LogP contribution >= 0.6 is 0 Å². The van der Waals surface area contributed by atoms with E-state index in [1.165, 1.54) is 0 Å². The Hall–Kier alpha value is -2.27. The Kier molecular flexibility index (Phi) is 5.40. The quantitative estimate of drug-likeness (QED) is 0.599. The average molecular weight is 289 g/mol. The van der Waals surface area contributed by atoms with Gasteiger partial charge in [-0.2, -0.15) is 0 Å². The topological polar surface area (TPSA) is 60.7 Å². The standard InChI is InChI=1S/C16H19NO4/c1-3-7-20-14-10-12(11-15-13(14)5-9-21-15)16(18)17-6-4-8-19-2/h3,5,9-11H,1,4,6-8H2,2H3,(H,17,18). The van der Waals surface area contributed by atoms with Crippen LogP contribution in [0.25, 0.3) is 11.0 Å². The number of ether oxygens (including phenoxy) is 2. The van der Waals surface area contributed by atoms with Gasteiger partial charge in [-0.1, -0.05) is 12.7 Å². The van der Waals surface area contributed by atoms with Crippen LogP contribution in [0.3, 0.4) is 0 Å². The second-order valence-corrected chi connectivity index (χ2v) is 4.51. The highest BCUT2D eigenvalue weighted by molar-refractivity contribution is 5.99. The van der Waals surface area contributed by atoms with Crippen LogP contribution in [-0.2, 0) is 4.74 Å². The molecule has 21 heavy (non-hydrogen) atoms. The first-order valence-corrected chi connectivity index (χ1v) is 6.78. The van der Waals surface area contributed by atoms with Crippen LogP contribution in [0.2, 0.25) is 0 Å². The van der Waals surface area contributed by atoms with Gasteiger partial charge in [0.2, 0.25) is 0 Å². The Morgan fingerprint density at radius 3 is 3.10 bits per heavy atom. The van der Waals surface area contributed by atoms with Crippen LogP contribution in [0.4, 0.5) is 0 Å². The fraction of sp³-hybridized carbons (Fsp3) is 0.312. The molecule has 1 aromatic heterocycles. The lowest BCUT2D eigenvalue weighted by Crippen LogP contribution is -2.25. The lowest BCUT2D eigenvalue weighted by molar-refractivity contribution is 0.0948. The molecule has 0 fully saturated rings. The summed E-state index contributed by atoms with van der Waals surface area (Å²) in [7, 11) is 1.63. The summed E-state index contributed by atoms with van der Waals surface area (Å²) in [6.45, 7) is 5.17. The van der Waals surface area contributed by atoms with Crippen LogP contribution in [0, 0.1) is 0 Å². The number of nitrogens with one attached hydrogen (secondary N) is 1. The van der Waals surface area contributed by atoms with Crippen molar-refractivity contribution in [1.29, 1.82) is 0 Å². The molecule has 0 atom stereocenters. The summed E-state index contributed by atoms with van der Waals surface area (Å²) in [5, 5.41) is 3.68. The van der Waals surface area contributed by atoms with Crippen molar-refractivity contribution in [1.82, 2.24) is 5.32 Å². The summed E-state index contributed by atoms with van der Waals surface area (Å²) in [6.07, 6.45) is 4.00. The van der Waals surface area contributed by atoms with Crippen molar-refractivity contribution in [3.05, 3.63) is 42.7 Å². The SMILES string of the molecule is C=CCOc1cc(C(=O)NCCCOC)cc2occc12. The Bertz CT molecular complexity index is 618. The summed E-state index contributed by atoms with van der Waals surface area (Å²) >= 11 is 0. The van der Waals surface area contributed by atoms with E-state index in [0.717, 1.165) is 11.8 Å². The predicted molar refractivity (Wildman–Crippen MR) is 80.7 cm³/mol. The number of rotatable bonds is 8. The Balaban J connectivity index is 2.15. The Morgan fingerprint density at radius 1 is 1.48 bits per heavy atom. The molecule has 1 aromatic carbocycles. The molecular weight excluding hydrogens is 270 g/mol. The van der Waals surface area contributed by atoms with Gasteiger partial charge in [0.15, 0.2) is 0 Å². The normalized spacial score (nSPS) is 10.5. The van der Waals surface area contributed by atoms with Crippen molar-refractivity contribution >= 4 is 16.9 Å². The first kappa shape index (κ1) is 15.1. The first-order chi connectivity index (χ1) is 10.3. The largest absolute Gasteiger partial charge is 0.489 e. The second kappa shape index (κ2) is 7.50. The lowest BCUT2D eigenvalue weighted by Gasteiger charge is -2.09. The van der Waals surface area contributed by atoms with E-state index in [1.54, 1.807) is 31.6 Å². The minimum Gasteiger partial charge on any atom is -0.489 e. The van der Waals surface area contributed by atoms with E-state index in [0.29, 0.717) is 36.7 Å². The van der Waals surface area contributed by atoms with Gasteiger partial charge in [-0.05, 0) is 24.6 Å². The van der Waals surface area contributed by atoms with E-state index in [2.05, 4.69) is 11.9 Å². The number of methoxy groups -OCH3 is 1. The maximum atomic E-state index is 12.1. The Morgan fingerprint density at radius 2 is 2.33 bits per heavy atom. The number of carbonyl (C=O) groups is 1. The molecule has 0 aliphatic rings. The number of amides is 1. The van der Waals surface area contributed by atoms with E-state index in [9.17, 15) is 4.79 Å². The van der Waals surface area contributed by atoms with E-state index in [-0.39, 0.29) is 5.91 Å². The van der Waals surface area contributed by atoms with Crippen LogP contribution in [-0.4, -0.2) is 32.8 Å². The molecule has 0 spiro atoms. The molecule has 5 nitrogen and oxygen atoms in total. The number of furan rings is 1. The van der Waals surface area contributed by atoms with Crippen LogP contribution in [0.15, 0.2) is 41.5 Å².